The van der Waals surface area contributed by atoms with E-state index in [1.807, 2.05) is 0 Å². The number of fused-ring (bicyclic) bond motifs is 2. The summed E-state index contributed by atoms with van der Waals surface area (Å²) in [4.78, 5) is 22.9. The van der Waals surface area contributed by atoms with E-state index in [9.17, 15) is 4.79 Å². The fourth-order valence-electron chi connectivity index (χ4n) is 5.08. The highest BCUT2D eigenvalue weighted by Crippen LogP contribution is 2.50. The summed E-state index contributed by atoms with van der Waals surface area (Å²) in [5.74, 6) is 1.52. The Morgan fingerprint density at radius 2 is 1.96 bits per heavy atom. The van der Waals surface area contributed by atoms with E-state index in [0.29, 0.717) is 18.4 Å². The van der Waals surface area contributed by atoms with Crippen molar-refractivity contribution in [1.82, 2.24) is 14.9 Å². The summed E-state index contributed by atoms with van der Waals surface area (Å²) in [6, 6.07) is 0.668. The standard InChI is InChI=1S/C22H31N3O2/c1-14(26)4-5-15-6-7-16-12-19-21(20(15)16)22(24-13-23-19)27-18-10-8-17(9-11-18)25(2)3/h13,15,17-18H,4-12H2,1-3H3/t15-,17?,18?/m0/s1. The Morgan fingerprint density at radius 1 is 1.19 bits per heavy atom. The molecular formula is C22H31N3O2. The van der Waals surface area contributed by atoms with Gasteiger partial charge in [-0.05, 0) is 77.5 Å². The second-order valence-electron chi connectivity index (χ2n) is 8.68. The maximum absolute atomic E-state index is 11.5. The van der Waals surface area contributed by atoms with Crippen LogP contribution in [0, 0.1) is 5.92 Å². The van der Waals surface area contributed by atoms with E-state index in [1.54, 1.807) is 13.3 Å². The summed E-state index contributed by atoms with van der Waals surface area (Å²) in [6.45, 7) is 1.69. The third kappa shape index (κ3) is 3.79. The van der Waals surface area contributed by atoms with Crippen LogP contribution >= 0.6 is 0 Å². The fourth-order valence-corrected chi connectivity index (χ4v) is 5.08. The molecule has 5 nitrogen and oxygen atoms in total. The SMILES string of the molecule is CC(=O)CC[C@H]1CCC2=C1c1c(ncnc1OC1CCC(N(C)C)CC1)C2. The number of ketones is 1. The van der Waals surface area contributed by atoms with Gasteiger partial charge in [-0.2, -0.15) is 0 Å². The van der Waals surface area contributed by atoms with Crippen LogP contribution in [0.3, 0.4) is 0 Å². The largest absolute Gasteiger partial charge is 0.474 e. The quantitative estimate of drug-likeness (QED) is 0.763. The topological polar surface area (TPSA) is 55.3 Å². The molecular weight excluding hydrogens is 338 g/mol. The zero-order chi connectivity index (χ0) is 19.0. The summed E-state index contributed by atoms with van der Waals surface area (Å²) in [7, 11) is 4.33. The highest BCUT2D eigenvalue weighted by Gasteiger charge is 2.36. The molecule has 0 spiro atoms. The van der Waals surface area contributed by atoms with Gasteiger partial charge < -0.3 is 14.4 Å². The van der Waals surface area contributed by atoms with Crippen molar-refractivity contribution in [2.24, 2.45) is 5.92 Å². The Labute approximate surface area is 162 Å². The molecule has 0 bridgehead atoms. The number of allylic oxidation sites excluding steroid dienone is 2. The Hall–Kier alpha value is -1.75. The molecule has 1 aromatic heterocycles. The molecule has 1 atom stereocenters. The number of hydrogen-bond acceptors (Lipinski definition) is 5. The number of carbonyl (C=O) groups is 1. The van der Waals surface area contributed by atoms with Crippen LogP contribution < -0.4 is 4.74 Å². The molecule has 0 amide bonds. The normalized spacial score (nSPS) is 27.0. The smallest absolute Gasteiger partial charge is 0.224 e. The maximum atomic E-state index is 11.5. The van der Waals surface area contributed by atoms with Crippen molar-refractivity contribution in [3.8, 4) is 5.88 Å². The molecule has 3 aliphatic carbocycles. The van der Waals surface area contributed by atoms with E-state index in [2.05, 4.69) is 29.0 Å². The molecule has 146 valence electrons. The van der Waals surface area contributed by atoms with Gasteiger partial charge in [-0.15, -0.1) is 0 Å². The summed E-state index contributed by atoms with van der Waals surface area (Å²) < 4.78 is 6.44. The molecule has 4 rings (SSSR count). The Balaban J connectivity index is 1.51. The van der Waals surface area contributed by atoms with Gasteiger partial charge in [-0.1, -0.05) is 5.57 Å². The molecule has 0 unspecified atom stereocenters. The molecule has 5 heteroatoms. The van der Waals surface area contributed by atoms with Crippen LogP contribution in [0.4, 0.5) is 0 Å². The van der Waals surface area contributed by atoms with Crippen LogP contribution in [0.2, 0.25) is 0 Å². The van der Waals surface area contributed by atoms with Crippen molar-refractivity contribution in [3.63, 3.8) is 0 Å². The van der Waals surface area contributed by atoms with E-state index in [1.165, 1.54) is 24.0 Å². The van der Waals surface area contributed by atoms with Gasteiger partial charge in [0.25, 0.3) is 0 Å². The number of carbonyl (C=O) groups excluding carboxylic acids is 1. The predicted octanol–water partition coefficient (Wildman–Crippen LogP) is 3.82. The minimum absolute atomic E-state index is 0.252. The summed E-state index contributed by atoms with van der Waals surface area (Å²) in [5, 5.41) is 0. The number of ether oxygens (including phenoxy) is 1. The Kier molecular flexibility index (Phi) is 5.31. The lowest BCUT2D eigenvalue weighted by Gasteiger charge is -2.32. The van der Waals surface area contributed by atoms with Gasteiger partial charge in [-0.3, -0.25) is 0 Å². The third-order valence-electron chi connectivity index (χ3n) is 6.62. The van der Waals surface area contributed by atoms with Gasteiger partial charge in [-0.25, -0.2) is 9.97 Å². The van der Waals surface area contributed by atoms with Crippen LogP contribution in [0.25, 0.3) is 5.57 Å². The lowest BCUT2D eigenvalue weighted by molar-refractivity contribution is -0.117. The molecule has 1 fully saturated rings. The van der Waals surface area contributed by atoms with E-state index < -0.39 is 0 Å². The first-order valence-corrected chi connectivity index (χ1v) is 10.4. The van der Waals surface area contributed by atoms with E-state index in [4.69, 9.17) is 4.74 Å². The molecule has 0 aromatic carbocycles. The van der Waals surface area contributed by atoms with Crippen LogP contribution in [-0.2, 0) is 11.2 Å². The van der Waals surface area contributed by atoms with Crippen molar-refractivity contribution in [1.29, 1.82) is 0 Å². The first-order valence-electron chi connectivity index (χ1n) is 10.4. The summed E-state index contributed by atoms with van der Waals surface area (Å²) >= 11 is 0. The van der Waals surface area contributed by atoms with Gasteiger partial charge in [0.2, 0.25) is 5.88 Å². The zero-order valence-corrected chi connectivity index (χ0v) is 16.8. The Bertz CT molecular complexity index is 748. The minimum atomic E-state index is 0.252. The molecule has 27 heavy (non-hydrogen) atoms. The number of rotatable bonds is 6. The van der Waals surface area contributed by atoms with Gasteiger partial charge >= 0.3 is 0 Å². The maximum Gasteiger partial charge on any atom is 0.224 e. The van der Waals surface area contributed by atoms with Gasteiger partial charge in [0, 0.05) is 18.9 Å². The van der Waals surface area contributed by atoms with Crippen molar-refractivity contribution in [2.45, 2.75) is 76.9 Å². The second-order valence-corrected chi connectivity index (χ2v) is 8.68. The lowest BCUT2D eigenvalue weighted by Crippen LogP contribution is -2.35. The van der Waals surface area contributed by atoms with Crippen LogP contribution in [0.5, 0.6) is 5.88 Å². The summed E-state index contributed by atoms with van der Waals surface area (Å²) in [5.41, 5.74) is 5.19. The van der Waals surface area contributed by atoms with Crippen molar-refractivity contribution < 1.29 is 9.53 Å². The molecule has 1 heterocycles. The third-order valence-corrected chi connectivity index (χ3v) is 6.62. The van der Waals surface area contributed by atoms with Crippen molar-refractivity contribution in [2.75, 3.05) is 14.1 Å². The monoisotopic (exact) mass is 369 g/mol. The molecule has 0 N–H and O–H groups in total. The highest BCUT2D eigenvalue weighted by molar-refractivity contribution is 5.82. The van der Waals surface area contributed by atoms with E-state index >= 15 is 0 Å². The first kappa shape index (κ1) is 18.6. The number of Topliss-reactive ketones (excluding diaryl/α,β-unsaturated/α-hetero) is 1. The minimum Gasteiger partial charge on any atom is -0.474 e. The van der Waals surface area contributed by atoms with Gasteiger partial charge in [0.1, 0.15) is 18.2 Å². The van der Waals surface area contributed by atoms with E-state index in [0.717, 1.165) is 55.7 Å². The molecule has 1 aromatic rings. The molecule has 1 saturated carbocycles. The van der Waals surface area contributed by atoms with Gasteiger partial charge in [0.15, 0.2) is 0 Å². The first-order chi connectivity index (χ1) is 13.0. The number of aromatic nitrogens is 2. The molecule has 0 aliphatic heterocycles. The average molecular weight is 370 g/mol. The number of hydrogen-bond donors (Lipinski definition) is 0. The zero-order valence-electron chi connectivity index (χ0n) is 16.8. The highest BCUT2D eigenvalue weighted by atomic mass is 16.5. The molecule has 0 saturated heterocycles. The van der Waals surface area contributed by atoms with Crippen LogP contribution in [-0.4, -0.2) is 46.9 Å². The van der Waals surface area contributed by atoms with Gasteiger partial charge in [0.05, 0.1) is 11.3 Å². The summed E-state index contributed by atoms with van der Waals surface area (Å²) in [6.07, 6.45) is 11.3. The Morgan fingerprint density at radius 3 is 2.67 bits per heavy atom. The lowest BCUT2D eigenvalue weighted by atomic mass is 9.90. The fraction of sp³-hybridized carbons (Fsp3) is 0.682. The van der Waals surface area contributed by atoms with E-state index in [-0.39, 0.29) is 11.9 Å². The predicted molar refractivity (Wildman–Crippen MR) is 106 cm³/mol. The van der Waals surface area contributed by atoms with Crippen LogP contribution in [0.1, 0.15) is 69.5 Å². The van der Waals surface area contributed by atoms with Crippen molar-refractivity contribution in [3.05, 3.63) is 23.2 Å². The van der Waals surface area contributed by atoms with Crippen molar-refractivity contribution >= 4 is 11.4 Å². The van der Waals surface area contributed by atoms with Crippen LogP contribution in [0.15, 0.2) is 11.9 Å². The number of nitrogens with zero attached hydrogens (tertiary/aromatic N) is 3. The average Bonchev–Trinajstić information content (AvgIpc) is 3.20. The molecule has 0 radical (unpaired) electrons. The second kappa shape index (κ2) is 7.70. The molecule has 3 aliphatic rings.